The van der Waals surface area contributed by atoms with E-state index in [4.69, 9.17) is 9.84 Å². The van der Waals surface area contributed by atoms with Gasteiger partial charge in [-0.2, -0.15) is 0 Å². The Morgan fingerprint density at radius 1 is 1.42 bits per heavy atom. The van der Waals surface area contributed by atoms with E-state index in [0.29, 0.717) is 4.88 Å². The monoisotopic (exact) mass is 277 g/mol. The van der Waals surface area contributed by atoms with Crippen LogP contribution in [0, 0.1) is 6.92 Å². The summed E-state index contributed by atoms with van der Waals surface area (Å²) < 4.78 is 5.62. The predicted molar refractivity (Wildman–Crippen MR) is 75.0 cm³/mol. The van der Waals surface area contributed by atoms with Crippen molar-refractivity contribution in [2.24, 2.45) is 0 Å². The molecule has 0 fully saturated rings. The molecule has 100 valence electrons. The highest BCUT2D eigenvalue weighted by Crippen LogP contribution is 2.32. The highest BCUT2D eigenvalue weighted by atomic mass is 32.1. The zero-order valence-electron chi connectivity index (χ0n) is 11.0. The Morgan fingerprint density at radius 2 is 2.16 bits per heavy atom. The van der Waals surface area contributed by atoms with Gasteiger partial charge in [-0.3, -0.25) is 0 Å². The summed E-state index contributed by atoms with van der Waals surface area (Å²) in [5, 5.41) is 9.91. The first-order chi connectivity index (χ1) is 8.97. The number of carboxylic acid groups (broad SMARTS) is 1. The lowest BCUT2D eigenvalue weighted by atomic mass is 10.1. The molecule has 0 saturated heterocycles. The molecule has 2 aromatic rings. The zero-order chi connectivity index (χ0) is 14.0. The van der Waals surface area contributed by atoms with Gasteiger partial charge < -0.3 is 9.84 Å². The standard InChI is InChI=1S/C14H15NO3S/c1-8(2)18-11-6-4-5-10(7-11)13-12(14(16)17)15-9(3)19-13/h4-8H,1-3H3,(H,16,17). The van der Waals surface area contributed by atoms with Gasteiger partial charge >= 0.3 is 5.97 Å². The van der Waals surface area contributed by atoms with Crippen molar-refractivity contribution in [3.63, 3.8) is 0 Å². The molecule has 0 radical (unpaired) electrons. The first-order valence-corrected chi connectivity index (χ1v) is 6.77. The van der Waals surface area contributed by atoms with E-state index < -0.39 is 5.97 Å². The molecule has 0 spiro atoms. The third kappa shape index (κ3) is 3.12. The molecule has 1 aromatic heterocycles. The van der Waals surface area contributed by atoms with Crippen molar-refractivity contribution in [1.29, 1.82) is 0 Å². The summed E-state index contributed by atoms with van der Waals surface area (Å²) in [5.41, 5.74) is 0.922. The van der Waals surface area contributed by atoms with Crippen molar-refractivity contribution in [3.8, 4) is 16.2 Å². The Balaban J connectivity index is 2.44. The minimum Gasteiger partial charge on any atom is -0.491 e. The fourth-order valence-electron chi connectivity index (χ4n) is 1.75. The van der Waals surface area contributed by atoms with Crippen molar-refractivity contribution in [2.75, 3.05) is 0 Å². The van der Waals surface area contributed by atoms with Crippen molar-refractivity contribution >= 4 is 17.3 Å². The normalized spacial score (nSPS) is 10.7. The molecule has 0 aliphatic heterocycles. The average Bonchev–Trinajstić information content (AvgIpc) is 2.71. The number of thiazole rings is 1. The Morgan fingerprint density at radius 3 is 2.79 bits per heavy atom. The molecule has 0 aliphatic rings. The van der Waals surface area contributed by atoms with Crippen molar-refractivity contribution in [3.05, 3.63) is 35.0 Å². The van der Waals surface area contributed by atoms with Gasteiger partial charge in [0, 0.05) is 0 Å². The van der Waals surface area contributed by atoms with E-state index in [1.165, 1.54) is 11.3 Å². The molecule has 5 heteroatoms. The number of rotatable bonds is 4. The molecule has 0 bridgehead atoms. The molecule has 1 heterocycles. The van der Waals surface area contributed by atoms with Crippen molar-refractivity contribution in [2.45, 2.75) is 26.9 Å². The zero-order valence-corrected chi connectivity index (χ0v) is 11.8. The van der Waals surface area contributed by atoms with Crippen LogP contribution < -0.4 is 4.74 Å². The number of hydrogen-bond acceptors (Lipinski definition) is 4. The third-order valence-electron chi connectivity index (χ3n) is 2.40. The SMILES string of the molecule is Cc1nc(C(=O)O)c(-c2cccc(OC(C)C)c2)s1. The summed E-state index contributed by atoms with van der Waals surface area (Å²) in [7, 11) is 0. The molecular formula is C14H15NO3S. The third-order valence-corrected chi connectivity index (χ3v) is 3.42. The maximum atomic E-state index is 11.2. The first kappa shape index (κ1) is 13.5. The molecule has 1 N–H and O–H groups in total. The molecule has 19 heavy (non-hydrogen) atoms. The predicted octanol–water partition coefficient (Wildman–Crippen LogP) is 3.60. The summed E-state index contributed by atoms with van der Waals surface area (Å²) in [6.45, 7) is 5.70. The van der Waals surface area contributed by atoms with Gasteiger partial charge in [0.1, 0.15) is 5.75 Å². The van der Waals surface area contributed by atoms with Gasteiger partial charge in [-0.05, 0) is 38.5 Å². The second-order valence-corrected chi connectivity index (χ2v) is 5.61. The number of ether oxygens (including phenoxy) is 1. The summed E-state index contributed by atoms with van der Waals surface area (Å²) in [4.78, 5) is 15.9. The number of carbonyl (C=O) groups is 1. The van der Waals surface area contributed by atoms with Crippen LogP contribution in [0.2, 0.25) is 0 Å². The molecule has 2 rings (SSSR count). The van der Waals surface area contributed by atoms with Gasteiger partial charge in [0.15, 0.2) is 5.69 Å². The van der Waals surface area contributed by atoms with E-state index >= 15 is 0 Å². The summed E-state index contributed by atoms with van der Waals surface area (Å²) in [6, 6.07) is 7.43. The van der Waals surface area contributed by atoms with Crippen molar-refractivity contribution in [1.82, 2.24) is 4.98 Å². The van der Waals surface area contributed by atoms with Crippen LogP contribution in [0.4, 0.5) is 0 Å². The number of benzene rings is 1. The van der Waals surface area contributed by atoms with Crippen molar-refractivity contribution < 1.29 is 14.6 Å². The average molecular weight is 277 g/mol. The molecule has 0 aliphatic carbocycles. The lowest BCUT2D eigenvalue weighted by Gasteiger charge is -2.10. The van der Waals surface area contributed by atoms with E-state index in [0.717, 1.165) is 16.3 Å². The summed E-state index contributed by atoms with van der Waals surface area (Å²) in [6.07, 6.45) is 0.0809. The van der Waals surface area contributed by atoms with Gasteiger partial charge in [-0.25, -0.2) is 9.78 Å². The molecule has 0 saturated carbocycles. The van der Waals surface area contributed by atoms with Crippen LogP contribution >= 0.6 is 11.3 Å². The topological polar surface area (TPSA) is 59.4 Å². The van der Waals surface area contributed by atoms with E-state index in [1.807, 2.05) is 38.1 Å². The van der Waals surface area contributed by atoms with Crippen LogP contribution in [-0.4, -0.2) is 22.2 Å². The van der Waals surface area contributed by atoms with Crippen LogP contribution in [-0.2, 0) is 0 Å². The quantitative estimate of drug-likeness (QED) is 0.927. The fourth-order valence-corrected chi connectivity index (χ4v) is 2.66. The largest absolute Gasteiger partial charge is 0.491 e. The maximum absolute atomic E-state index is 11.2. The summed E-state index contributed by atoms with van der Waals surface area (Å²) in [5.74, 6) is -0.274. The Hall–Kier alpha value is -1.88. The van der Waals surface area contributed by atoms with E-state index in [-0.39, 0.29) is 11.8 Å². The molecule has 4 nitrogen and oxygen atoms in total. The highest BCUT2D eigenvalue weighted by molar-refractivity contribution is 7.15. The first-order valence-electron chi connectivity index (χ1n) is 5.95. The number of hydrogen-bond donors (Lipinski definition) is 1. The van der Waals surface area contributed by atoms with E-state index in [2.05, 4.69) is 4.98 Å². The van der Waals surface area contributed by atoms with E-state index in [1.54, 1.807) is 6.92 Å². The van der Waals surface area contributed by atoms with E-state index in [9.17, 15) is 4.79 Å². The minimum atomic E-state index is -1.01. The van der Waals surface area contributed by atoms with Crippen LogP contribution in [0.25, 0.3) is 10.4 Å². The van der Waals surface area contributed by atoms with Gasteiger partial charge in [0.25, 0.3) is 0 Å². The Labute approximate surface area is 115 Å². The molecular weight excluding hydrogens is 262 g/mol. The van der Waals surface area contributed by atoms with Crippen LogP contribution in [0.15, 0.2) is 24.3 Å². The van der Waals surface area contributed by atoms with Crippen LogP contribution in [0.3, 0.4) is 0 Å². The molecule has 0 unspecified atom stereocenters. The lowest BCUT2D eigenvalue weighted by molar-refractivity contribution is 0.0692. The molecule has 0 amide bonds. The lowest BCUT2D eigenvalue weighted by Crippen LogP contribution is -2.05. The van der Waals surface area contributed by atoms with Gasteiger partial charge in [-0.15, -0.1) is 11.3 Å². The Kier molecular flexibility index (Phi) is 3.85. The highest BCUT2D eigenvalue weighted by Gasteiger charge is 2.17. The molecule has 0 atom stereocenters. The number of carboxylic acids is 1. The van der Waals surface area contributed by atoms with Gasteiger partial charge in [0.2, 0.25) is 0 Å². The molecule has 1 aromatic carbocycles. The van der Waals surface area contributed by atoms with Gasteiger partial charge in [-0.1, -0.05) is 12.1 Å². The van der Waals surface area contributed by atoms with Gasteiger partial charge in [0.05, 0.1) is 16.0 Å². The second kappa shape index (κ2) is 5.40. The number of nitrogens with zero attached hydrogens (tertiary/aromatic N) is 1. The Bertz CT molecular complexity index is 604. The fraction of sp³-hybridized carbons (Fsp3) is 0.286. The van der Waals surface area contributed by atoms with Crippen LogP contribution in [0.1, 0.15) is 29.3 Å². The number of aromatic carboxylic acids is 1. The number of aromatic nitrogens is 1. The minimum absolute atomic E-state index is 0.0809. The summed E-state index contributed by atoms with van der Waals surface area (Å²) >= 11 is 1.38. The van der Waals surface area contributed by atoms with Crippen LogP contribution in [0.5, 0.6) is 5.75 Å². The number of aryl methyl sites for hydroxylation is 1. The second-order valence-electron chi connectivity index (χ2n) is 4.41. The smallest absolute Gasteiger partial charge is 0.356 e. The maximum Gasteiger partial charge on any atom is 0.356 e.